The molecular weight excluding hydrogens is 303 g/mol. The zero-order valence-electron chi connectivity index (χ0n) is 10.8. The first-order valence-corrected chi connectivity index (χ1v) is 6.05. The number of aromatic nitrogens is 4. The Morgan fingerprint density at radius 1 is 1.05 bits per heavy atom. The van der Waals surface area contributed by atoms with Gasteiger partial charge in [0.2, 0.25) is 11.6 Å². The second-order valence-corrected chi connectivity index (χ2v) is 4.22. The van der Waals surface area contributed by atoms with Crippen molar-refractivity contribution >= 4 is 5.82 Å². The molecule has 1 aromatic carbocycles. The van der Waals surface area contributed by atoms with E-state index in [1.165, 1.54) is 0 Å². The van der Waals surface area contributed by atoms with Crippen molar-refractivity contribution < 1.29 is 22.3 Å². The number of hydrogen-bond donors (Lipinski definition) is 1. The Balaban J connectivity index is 1.79. The van der Waals surface area contributed by atoms with E-state index >= 15 is 0 Å². The number of alkyl halides is 3. The van der Waals surface area contributed by atoms with Gasteiger partial charge in [-0.3, -0.25) is 0 Å². The predicted octanol–water partition coefficient (Wildman–Crippen LogP) is 2.75. The molecule has 0 amide bonds. The van der Waals surface area contributed by atoms with Crippen molar-refractivity contribution in [3.8, 4) is 11.5 Å². The Morgan fingerprint density at radius 2 is 1.82 bits per heavy atom. The third-order valence-electron chi connectivity index (χ3n) is 2.67. The maximum Gasteiger partial charge on any atom is 0.471 e. The first-order chi connectivity index (χ1) is 10.5. The van der Waals surface area contributed by atoms with E-state index in [0.29, 0.717) is 6.54 Å². The van der Waals surface area contributed by atoms with E-state index in [-0.39, 0.29) is 17.3 Å². The van der Waals surface area contributed by atoms with Crippen LogP contribution in [0.2, 0.25) is 0 Å². The fourth-order valence-corrected chi connectivity index (χ4v) is 1.67. The van der Waals surface area contributed by atoms with Crippen LogP contribution < -0.4 is 5.32 Å². The van der Waals surface area contributed by atoms with Crippen molar-refractivity contribution in [3.63, 3.8) is 0 Å². The highest BCUT2D eigenvalue weighted by atomic mass is 19.4. The lowest BCUT2D eigenvalue weighted by Crippen LogP contribution is -2.05. The van der Waals surface area contributed by atoms with Gasteiger partial charge in [0, 0.05) is 6.54 Å². The average molecular weight is 311 g/mol. The summed E-state index contributed by atoms with van der Waals surface area (Å²) in [6.45, 7) is 0.381. The number of benzene rings is 1. The largest absolute Gasteiger partial charge is 0.471 e. The van der Waals surface area contributed by atoms with Crippen LogP contribution >= 0.6 is 0 Å². The summed E-state index contributed by atoms with van der Waals surface area (Å²) in [5.74, 6) is -1.69. The summed E-state index contributed by atoms with van der Waals surface area (Å²) in [6.07, 6.45) is -4.72. The lowest BCUT2D eigenvalue weighted by molar-refractivity contribution is -0.159. The molecular formula is C12H8F3N5O2. The Hall–Kier alpha value is -2.91. The Bertz CT molecular complexity index is 753. The summed E-state index contributed by atoms with van der Waals surface area (Å²) in [6, 6.07) is 9.32. The molecule has 0 atom stereocenters. The van der Waals surface area contributed by atoms with Gasteiger partial charge in [0.05, 0.1) is 0 Å². The molecule has 0 fully saturated rings. The molecule has 3 rings (SSSR count). The molecule has 1 N–H and O–H groups in total. The molecule has 2 heterocycles. The third kappa shape index (κ3) is 2.90. The van der Waals surface area contributed by atoms with Crippen LogP contribution in [0.5, 0.6) is 0 Å². The van der Waals surface area contributed by atoms with Crippen molar-refractivity contribution in [3.05, 3.63) is 41.8 Å². The minimum Gasteiger partial charge on any atom is -0.361 e. The molecule has 0 bridgehead atoms. The minimum atomic E-state index is -4.72. The molecule has 0 aliphatic rings. The van der Waals surface area contributed by atoms with E-state index in [0.717, 1.165) is 5.56 Å². The normalized spacial score (nSPS) is 11.6. The van der Waals surface area contributed by atoms with Crippen LogP contribution in [0, 0.1) is 0 Å². The topological polar surface area (TPSA) is 89.9 Å². The lowest BCUT2D eigenvalue weighted by atomic mass is 10.2. The predicted molar refractivity (Wildman–Crippen MR) is 66.4 cm³/mol. The van der Waals surface area contributed by atoms with Crippen molar-refractivity contribution in [2.45, 2.75) is 12.7 Å². The van der Waals surface area contributed by atoms with E-state index in [4.69, 9.17) is 0 Å². The molecule has 10 heteroatoms. The maximum absolute atomic E-state index is 12.4. The van der Waals surface area contributed by atoms with Crippen molar-refractivity contribution in [2.24, 2.45) is 0 Å². The first-order valence-electron chi connectivity index (χ1n) is 6.05. The van der Waals surface area contributed by atoms with E-state index < -0.39 is 12.1 Å². The SMILES string of the molecule is FC(F)(F)c1nc(-c2nonc2NCc2ccccc2)no1. The molecule has 7 nitrogen and oxygen atoms in total. The maximum atomic E-state index is 12.4. The van der Waals surface area contributed by atoms with Gasteiger partial charge >= 0.3 is 12.1 Å². The van der Waals surface area contributed by atoms with Gasteiger partial charge < -0.3 is 9.84 Å². The van der Waals surface area contributed by atoms with Crippen LogP contribution in [-0.4, -0.2) is 20.5 Å². The number of nitrogens with one attached hydrogen (secondary N) is 1. The number of anilines is 1. The molecule has 0 saturated heterocycles. The fraction of sp³-hybridized carbons (Fsp3) is 0.167. The molecule has 0 spiro atoms. The van der Waals surface area contributed by atoms with Gasteiger partial charge in [0.1, 0.15) is 0 Å². The molecule has 0 aliphatic heterocycles. The Labute approximate surface area is 121 Å². The van der Waals surface area contributed by atoms with Crippen molar-refractivity contribution in [2.75, 3.05) is 5.32 Å². The standard InChI is InChI=1S/C12H8F3N5O2/c13-12(14,15)11-17-10(19-21-11)8-9(20-22-18-8)16-6-7-4-2-1-3-5-7/h1-5H,6H2,(H,16,20). The van der Waals surface area contributed by atoms with Crippen LogP contribution in [0.15, 0.2) is 39.5 Å². The van der Waals surface area contributed by atoms with Gasteiger partial charge in [-0.1, -0.05) is 35.5 Å². The lowest BCUT2D eigenvalue weighted by Gasteiger charge is -2.02. The molecule has 3 aromatic rings. The smallest absolute Gasteiger partial charge is 0.361 e. The minimum absolute atomic E-state index is 0.0600. The van der Waals surface area contributed by atoms with Gasteiger partial charge in [0.15, 0.2) is 5.69 Å². The second-order valence-electron chi connectivity index (χ2n) is 4.22. The van der Waals surface area contributed by atoms with Gasteiger partial charge in [-0.25, -0.2) is 4.63 Å². The van der Waals surface area contributed by atoms with Gasteiger partial charge in [0.25, 0.3) is 0 Å². The van der Waals surface area contributed by atoms with Crippen LogP contribution in [-0.2, 0) is 12.7 Å². The van der Waals surface area contributed by atoms with Gasteiger partial charge in [-0.15, -0.1) is 0 Å². The van der Waals surface area contributed by atoms with Crippen LogP contribution in [0.4, 0.5) is 19.0 Å². The average Bonchev–Trinajstić information content (AvgIpc) is 3.14. The van der Waals surface area contributed by atoms with E-state index in [9.17, 15) is 13.2 Å². The van der Waals surface area contributed by atoms with E-state index in [1.807, 2.05) is 30.3 Å². The molecule has 0 radical (unpaired) electrons. The Kier molecular flexibility index (Phi) is 3.49. The van der Waals surface area contributed by atoms with Crippen LogP contribution in [0.3, 0.4) is 0 Å². The summed E-state index contributed by atoms with van der Waals surface area (Å²) in [5, 5.41) is 13.2. The molecule has 0 saturated carbocycles. The molecule has 22 heavy (non-hydrogen) atoms. The highest BCUT2D eigenvalue weighted by Crippen LogP contribution is 2.30. The summed E-state index contributed by atoms with van der Waals surface area (Å²) in [7, 11) is 0. The molecule has 114 valence electrons. The van der Waals surface area contributed by atoms with Gasteiger partial charge in [-0.05, 0) is 15.9 Å². The molecule has 0 unspecified atom stereocenters. The van der Waals surface area contributed by atoms with E-state index in [1.54, 1.807) is 0 Å². The summed E-state index contributed by atoms with van der Waals surface area (Å²) < 4.78 is 46.0. The zero-order chi connectivity index (χ0) is 15.6. The zero-order valence-corrected chi connectivity index (χ0v) is 10.8. The van der Waals surface area contributed by atoms with Crippen LogP contribution in [0.25, 0.3) is 11.5 Å². The summed E-state index contributed by atoms with van der Waals surface area (Å²) >= 11 is 0. The summed E-state index contributed by atoms with van der Waals surface area (Å²) in [4.78, 5) is 3.23. The molecule has 2 aromatic heterocycles. The number of rotatable bonds is 4. The highest BCUT2D eigenvalue weighted by Gasteiger charge is 2.39. The number of nitrogens with zero attached hydrogens (tertiary/aromatic N) is 4. The first kappa shape index (κ1) is 14.0. The quantitative estimate of drug-likeness (QED) is 0.792. The second kappa shape index (κ2) is 5.47. The van der Waals surface area contributed by atoms with Gasteiger partial charge in [-0.2, -0.15) is 18.2 Å². The van der Waals surface area contributed by atoms with E-state index in [2.05, 4.69) is 34.9 Å². The number of hydrogen-bond acceptors (Lipinski definition) is 7. The van der Waals surface area contributed by atoms with Crippen molar-refractivity contribution in [1.82, 2.24) is 20.5 Å². The van der Waals surface area contributed by atoms with Crippen molar-refractivity contribution in [1.29, 1.82) is 0 Å². The Morgan fingerprint density at radius 3 is 2.50 bits per heavy atom. The third-order valence-corrected chi connectivity index (χ3v) is 2.67. The number of halogens is 3. The van der Waals surface area contributed by atoms with Crippen LogP contribution in [0.1, 0.15) is 11.5 Å². The highest BCUT2D eigenvalue weighted by molar-refractivity contribution is 5.64. The summed E-state index contributed by atoms with van der Waals surface area (Å²) in [5.41, 5.74) is 0.885. The monoisotopic (exact) mass is 311 g/mol. The molecule has 0 aliphatic carbocycles. The fourth-order valence-electron chi connectivity index (χ4n) is 1.67.